The Balaban J connectivity index is 2.05. The van der Waals surface area contributed by atoms with Crippen molar-refractivity contribution in [1.29, 1.82) is 0 Å². The zero-order chi connectivity index (χ0) is 11.5. The quantitative estimate of drug-likeness (QED) is 0.784. The van der Waals surface area contributed by atoms with Crippen molar-refractivity contribution in [1.82, 2.24) is 15.1 Å². The fraction of sp³-hybridized carbons (Fsp3) is 0.636. The van der Waals surface area contributed by atoms with Crippen LogP contribution < -0.4 is 11.5 Å². The average Bonchev–Trinajstić information content (AvgIpc) is 2.71. The van der Waals surface area contributed by atoms with Gasteiger partial charge in [0.25, 0.3) is 0 Å². The molecule has 1 saturated heterocycles. The molecule has 1 unspecified atom stereocenters. The Labute approximate surface area is 95.8 Å². The second kappa shape index (κ2) is 4.65. The molecule has 0 aliphatic carbocycles. The van der Waals surface area contributed by atoms with Crippen LogP contribution in [0.25, 0.3) is 0 Å². The molecular formula is C11H19N5. The van der Waals surface area contributed by atoms with Gasteiger partial charge < -0.3 is 16.4 Å². The summed E-state index contributed by atoms with van der Waals surface area (Å²) in [6.45, 7) is 4.49. The summed E-state index contributed by atoms with van der Waals surface area (Å²) in [6, 6.07) is 2.43. The van der Waals surface area contributed by atoms with Crippen LogP contribution in [-0.4, -0.2) is 34.2 Å². The van der Waals surface area contributed by atoms with Crippen LogP contribution in [0.3, 0.4) is 0 Å². The molecule has 0 saturated carbocycles. The van der Waals surface area contributed by atoms with E-state index < -0.39 is 0 Å². The molecule has 1 atom stereocenters. The summed E-state index contributed by atoms with van der Waals surface area (Å²) in [6.07, 6.45) is 3.43. The molecule has 1 aliphatic rings. The van der Waals surface area contributed by atoms with Crippen LogP contribution in [0.1, 0.15) is 25.5 Å². The predicted molar refractivity (Wildman–Crippen MR) is 64.8 cm³/mol. The normalized spacial score (nSPS) is 21.4. The largest absolute Gasteiger partial charge is 0.396 e. The highest BCUT2D eigenvalue weighted by Crippen LogP contribution is 2.21. The third-order valence-electron chi connectivity index (χ3n) is 3.25. The molecule has 0 spiro atoms. The average molecular weight is 221 g/mol. The lowest BCUT2D eigenvalue weighted by Gasteiger charge is -2.22. The molecule has 0 bridgehead atoms. The van der Waals surface area contributed by atoms with Crippen LogP contribution in [-0.2, 0) is 6.42 Å². The summed E-state index contributed by atoms with van der Waals surface area (Å²) < 4.78 is 0. The first-order valence-corrected chi connectivity index (χ1v) is 5.82. The predicted octanol–water partition coefficient (Wildman–Crippen LogP) is 0.668. The number of likely N-dealkylation sites (tertiary alicyclic amines) is 1. The zero-order valence-corrected chi connectivity index (χ0v) is 9.69. The summed E-state index contributed by atoms with van der Waals surface area (Å²) in [5.74, 6) is 0.322. The van der Waals surface area contributed by atoms with E-state index in [1.165, 1.54) is 19.4 Å². The number of hydrogen-bond donors (Lipinski definition) is 2. The molecule has 5 nitrogen and oxygen atoms in total. The highest BCUT2D eigenvalue weighted by molar-refractivity contribution is 5.57. The maximum absolute atomic E-state index is 5.72. The molecule has 5 heteroatoms. The number of likely N-dealkylation sites (N-methyl/N-ethyl adjacent to an activating group) is 1. The summed E-state index contributed by atoms with van der Waals surface area (Å²) >= 11 is 0. The molecule has 2 rings (SSSR count). The van der Waals surface area contributed by atoms with Crippen LogP contribution >= 0.6 is 0 Å². The SMILES string of the molecule is CCN1CCCC1Cc1cc(N)c(N)nn1. The Bertz CT molecular complexity index is 365. The molecule has 0 amide bonds. The minimum absolute atomic E-state index is 0.322. The van der Waals surface area contributed by atoms with Gasteiger partial charge in [-0.3, -0.25) is 0 Å². The van der Waals surface area contributed by atoms with Gasteiger partial charge in [0.15, 0.2) is 5.82 Å². The molecule has 0 aromatic carbocycles. The minimum atomic E-state index is 0.322. The maximum Gasteiger partial charge on any atom is 0.169 e. The fourth-order valence-corrected chi connectivity index (χ4v) is 2.34. The number of nitrogens with zero attached hydrogens (tertiary/aromatic N) is 3. The van der Waals surface area contributed by atoms with Gasteiger partial charge in [0.05, 0.1) is 11.4 Å². The number of rotatable bonds is 3. The van der Waals surface area contributed by atoms with E-state index in [1.54, 1.807) is 0 Å². The van der Waals surface area contributed by atoms with E-state index in [0.29, 0.717) is 17.5 Å². The zero-order valence-electron chi connectivity index (χ0n) is 9.69. The Morgan fingerprint density at radius 2 is 2.25 bits per heavy atom. The molecule has 88 valence electrons. The fourth-order valence-electron chi connectivity index (χ4n) is 2.34. The Kier molecular flexibility index (Phi) is 3.24. The summed E-state index contributed by atoms with van der Waals surface area (Å²) in [5.41, 5.74) is 12.7. The second-order valence-corrected chi connectivity index (χ2v) is 4.31. The lowest BCUT2D eigenvalue weighted by molar-refractivity contribution is 0.264. The van der Waals surface area contributed by atoms with Gasteiger partial charge in [0.2, 0.25) is 0 Å². The molecule has 1 fully saturated rings. The third kappa shape index (κ3) is 2.24. The van der Waals surface area contributed by atoms with Crippen LogP contribution in [0, 0.1) is 0 Å². The van der Waals surface area contributed by atoms with Crippen molar-refractivity contribution in [3.8, 4) is 0 Å². The van der Waals surface area contributed by atoms with Crippen molar-refractivity contribution in [2.45, 2.75) is 32.2 Å². The monoisotopic (exact) mass is 221 g/mol. The third-order valence-corrected chi connectivity index (χ3v) is 3.25. The highest BCUT2D eigenvalue weighted by Gasteiger charge is 2.23. The molecule has 0 radical (unpaired) electrons. The van der Waals surface area contributed by atoms with E-state index in [4.69, 9.17) is 11.5 Å². The van der Waals surface area contributed by atoms with Gasteiger partial charge in [0, 0.05) is 12.5 Å². The lowest BCUT2D eigenvalue weighted by Crippen LogP contribution is -2.31. The van der Waals surface area contributed by atoms with E-state index in [-0.39, 0.29) is 0 Å². The molecule has 1 aliphatic heterocycles. The van der Waals surface area contributed by atoms with Crippen molar-refractivity contribution in [2.24, 2.45) is 0 Å². The van der Waals surface area contributed by atoms with Crippen molar-refractivity contribution in [3.63, 3.8) is 0 Å². The first-order chi connectivity index (χ1) is 7.70. The Morgan fingerprint density at radius 3 is 2.94 bits per heavy atom. The summed E-state index contributed by atoms with van der Waals surface area (Å²) in [4.78, 5) is 2.48. The number of anilines is 2. The molecule has 4 N–H and O–H groups in total. The molecule has 1 aromatic heterocycles. The van der Waals surface area contributed by atoms with Crippen LogP contribution in [0.15, 0.2) is 6.07 Å². The standard InChI is InChI=1S/C11H19N5/c1-2-16-5-3-4-9(16)6-8-7-10(12)11(13)15-14-8/h7,9H,2-6H2,1H3,(H2,12,14)(H2,13,15). The number of nitrogen functional groups attached to an aromatic ring is 2. The van der Waals surface area contributed by atoms with Gasteiger partial charge in [-0.1, -0.05) is 6.92 Å². The van der Waals surface area contributed by atoms with Crippen molar-refractivity contribution in [2.75, 3.05) is 24.6 Å². The van der Waals surface area contributed by atoms with E-state index in [2.05, 4.69) is 22.0 Å². The Hall–Kier alpha value is -1.36. The van der Waals surface area contributed by atoms with Gasteiger partial charge in [0.1, 0.15) is 0 Å². The summed E-state index contributed by atoms with van der Waals surface area (Å²) in [5, 5.41) is 7.95. The molecule has 2 heterocycles. The minimum Gasteiger partial charge on any atom is -0.396 e. The van der Waals surface area contributed by atoms with Crippen molar-refractivity contribution in [3.05, 3.63) is 11.8 Å². The maximum atomic E-state index is 5.72. The van der Waals surface area contributed by atoms with Crippen molar-refractivity contribution < 1.29 is 0 Å². The number of hydrogen-bond acceptors (Lipinski definition) is 5. The van der Waals surface area contributed by atoms with E-state index in [0.717, 1.165) is 18.7 Å². The highest BCUT2D eigenvalue weighted by atomic mass is 15.2. The van der Waals surface area contributed by atoms with E-state index in [9.17, 15) is 0 Å². The molecular weight excluding hydrogens is 202 g/mol. The number of nitrogens with two attached hydrogens (primary N) is 2. The smallest absolute Gasteiger partial charge is 0.169 e. The molecule has 1 aromatic rings. The van der Waals surface area contributed by atoms with Crippen molar-refractivity contribution >= 4 is 11.5 Å². The Morgan fingerprint density at radius 1 is 1.44 bits per heavy atom. The van der Waals surface area contributed by atoms with Gasteiger partial charge in [-0.05, 0) is 32.0 Å². The summed E-state index contributed by atoms with van der Waals surface area (Å²) in [7, 11) is 0. The first kappa shape index (κ1) is 11.1. The van der Waals surface area contributed by atoms with Crippen LogP contribution in [0.4, 0.5) is 11.5 Å². The van der Waals surface area contributed by atoms with Crippen LogP contribution in [0.2, 0.25) is 0 Å². The molecule has 16 heavy (non-hydrogen) atoms. The van der Waals surface area contributed by atoms with Gasteiger partial charge >= 0.3 is 0 Å². The first-order valence-electron chi connectivity index (χ1n) is 5.82. The van der Waals surface area contributed by atoms with E-state index >= 15 is 0 Å². The van der Waals surface area contributed by atoms with Crippen LogP contribution in [0.5, 0.6) is 0 Å². The van der Waals surface area contributed by atoms with Gasteiger partial charge in [-0.2, -0.15) is 5.10 Å². The number of aromatic nitrogens is 2. The van der Waals surface area contributed by atoms with E-state index in [1.807, 2.05) is 6.07 Å². The van der Waals surface area contributed by atoms with Gasteiger partial charge in [-0.15, -0.1) is 5.10 Å². The topological polar surface area (TPSA) is 81.1 Å². The second-order valence-electron chi connectivity index (χ2n) is 4.31. The van der Waals surface area contributed by atoms with Gasteiger partial charge in [-0.25, -0.2) is 0 Å². The lowest BCUT2D eigenvalue weighted by atomic mass is 10.1.